The lowest BCUT2D eigenvalue weighted by atomic mass is 10.2. The molecule has 5 nitrogen and oxygen atoms in total. The first-order chi connectivity index (χ1) is 11.7. The standard InChI is InChI=1S/C18H21N5S/c1-12-8-15(17-19-9-13(2)21-17)22-18(20-12)16-4-3-6-23(16)10-14-5-7-24-11-14/h5,7-9,11,16H,3-4,6,10H2,1-2H3,(H,19,21)/t16-/m1/s1. The highest BCUT2D eigenvalue weighted by Crippen LogP contribution is 2.32. The van der Waals surface area contributed by atoms with E-state index in [4.69, 9.17) is 9.97 Å². The van der Waals surface area contributed by atoms with Crippen LogP contribution in [0.15, 0.2) is 29.1 Å². The van der Waals surface area contributed by atoms with Crippen molar-refractivity contribution < 1.29 is 0 Å². The fraction of sp³-hybridized carbons (Fsp3) is 0.389. The van der Waals surface area contributed by atoms with E-state index in [-0.39, 0.29) is 0 Å². The van der Waals surface area contributed by atoms with E-state index in [1.807, 2.05) is 26.1 Å². The second-order valence-corrected chi connectivity index (χ2v) is 7.21. The first-order valence-electron chi connectivity index (χ1n) is 8.32. The first kappa shape index (κ1) is 15.5. The Balaban J connectivity index is 1.64. The zero-order chi connectivity index (χ0) is 16.5. The molecule has 0 radical (unpaired) electrons. The van der Waals surface area contributed by atoms with Gasteiger partial charge >= 0.3 is 0 Å². The van der Waals surface area contributed by atoms with Gasteiger partial charge in [-0.3, -0.25) is 4.90 Å². The van der Waals surface area contributed by atoms with Crippen LogP contribution in [-0.2, 0) is 6.54 Å². The minimum atomic E-state index is 0.291. The van der Waals surface area contributed by atoms with Crippen molar-refractivity contribution in [3.8, 4) is 11.5 Å². The summed E-state index contributed by atoms with van der Waals surface area (Å²) in [5.41, 5.74) is 4.30. The third kappa shape index (κ3) is 3.12. The number of aromatic nitrogens is 4. The maximum atomic E-state index is 4.83. The number of aryl methyl sites for hydroxylation is 2. The van der Waals surface area contributed by atoms with Crippen molar-refractivity contribution in [2.45, 2.75) is 39.3 Å². The maximum Gasteiger partial charge on any atom is 0.156 e. The molecule has 4 heterocycles. The van der Waals surface area contributed by atoms with Gasteiger partial charge in [-0.05, 0) is 61.7 Å². The molecule has 0 amide bonds. The van der Waals surface area contributed by atoms with E-state index >= 15 is 0 Å². The van der Waals surface area contributed by atoms with E-state index in [2.05, 4.69) is 31.7 Å². The van der Waals surface area contributed by atoms with Crippen molar-refractivity contribution in [2.75, 3.05) is 6.54 Å². The topological polar surface area (TPSA) is 57.7 Å². The van der Waals surface area contributed by atoms with Crippen LogP contribution in [0.25, 0.3) is 11.5 Å². The van der Waals surface area contributed by atoms with Crippen molar-refractivity contribution in [3.63, 3.8) is 0 Å². The van der Waals surface area contributed by atoms with E-state index in [9.17, 15) is 0 Å². The van der Waals surface area contributed by atoms with Crippen LogP contribution in [0.4, 0.5) is 0 Å². The summed E-state index contributed by atoms with van der Waals surface area (Å²) in [6.07, 6.45) is 4.15. The van der Waals surface area contributed by atoms with Gasteiger partial charge in [0.15, 0.2) is 5.82 Å². The molecular formula is C18H21N5S. The van der Waals surface area contributed by atoms with Gasteiger partial charge in [0.05, 0.1) is 6.04 Å². The fourth-order valence-electron chi connectivity index (χ4n) is 3.33. The predicted octanol–water partition coefficient (Wildman–Crippen LogP) is 3.88. The molecule has 0 saturated carbocycles. The minimum absolute atomic E-state index is 0.291. The number of hydrogen-bond acceptors (Lipinski definition) is 5. The number of imidazole rings is 1. The summed E-state index contributed by atoms with van der Waals surface area (Å²) in [6, 6.07) is 4.49. The molecule has 0 spiro atoms. The van der Waals surface area contributed by atoms with E-state index in [0.717, 1.165) is 48.2 Å². The molecule has 1 aliphatic rings. The van der Waals surface area contributed by atoms with Crippen molar-refractivity contribution in [3.05, 3.63) is 51.9 Å². The van der Waals surface area contributed by atoms with Crippen LogP contribution in [0.3, 0.4) is 0 Å². The minimum Gasteiger partial charge on any atom is -0.341 e. The smallest absolute Gasteiger partial charge is 0.156 e. The Labute approximate surface area is 145 Å². The van der Waals surface area contributed by atoms with Gasteiger partial charge in [0.1, 0.15) is 11.5 Å². The summed E-state index contributed by atoms with van der Waals surface area (Å²) in [5.74, 6) is 1.74. The first-order valence-corrected chi connectivity index (χ1v) is 9.26. The monoisotopic (exact) mass is 339 g/mol. The quantitative estimate of drug-likeness (QED) is 0.783. The number of hydrogen-bond donors (Lipinski definition) is 1. The van der Waals surface area contributed by atoms with Gasteiger partial charge < -0.3 is 4.98 Å². The second-order valence-electron chi connectivity index (χ2n) is 6.43. The lowest BCUT2D eigenvalue weighted by Crippen LogP contribution is -2.24. The Morgan fingerprint density at radius 1 is 1.33 bits per heavy atom. The van der Waals surface area contributed by atoms with Gasteiger partial charge in [-0.15, -0.1) is 0 Å². The van der Waals surface area contributed by atoms with Crippen molar-refractivity contribution >= 4 is 11.3 Å². The van der Waals surface area contributed by atoms with Gasteiger partial charge in [-0.25, -0.2) is 15.0 Å². The number of rotatable bonds is 4. The molecule has 0 unspecified atom stereocenters. The van der Waals surface area contributed by atoms with Gasteiger partial charge in [-0.2, -0.15) is 11.3 Å². The molecule has 0 bridgehead atoms. The zero-order valence-electron chi connectivity index (χ0n) is 14.0. The molecule has 24 heavy (non-hydrogen) atoms. The van der Waals surface area contributed by atoms with Crippen LogP contribution in [0.5, 0.6) is 0 Å². The summed E-state index contributed by atoms with van der Waals surface area (Å²) in [7, 11) is 0. The van der Waals surface area contributed by atoms with Gasteiger partial charge in [0.2, 0.25) is 0 Å². The molecule has 1 N–H and O–H groups in total. The molecule has 4 rings (SSSR count). The lowest BCUT2D eigenvalue weighted by Gasteiger charge is -2.23. The van der Waals surface area contributed by atoms with Crippen LogP contribution in [0.2, 0.25) is 0 Å². The Morgan fingerprint density at radius 3 is 3.00 bits per heavy atom. The average molecular weight is 339 g/mol. The molecule has 3 aromatic rings. The van der Waals surface area contributed by atoms with Gasteiger partial charge in [0.25, 0.3) is 0 Å². The van der Waals surface area contributed by atoms with Crippen LogP contribution < -0.4 is 0 Å². The Hall–Kier alpha value is -2.05. The van der Waals surface area contributed by atoms with E-state index in [1.54, 1.807) is 11.3 Å². The number of aromatic amines is 1. The molecule has 3 aromatic heterocycles. The number of likely N-dealkylation sites (tertiary alicyclic amines) is 1. The van der Waals surface area contributed by atoms with E-state index in [0.29, 0.717) is 6.04 Å². The number of nitrogens with zero attached hydrogens (tertiary/aromatic N) is 4. The average Bonchev–Trinajstić information content (AvgIpc) is 3.29. The third-order valence-corrected chi connectivity index (χ3v) is 5.18. The van der Waals surface area contributed by atoms with Crippen LogP contribution in [0.1, 0.15) is 41.7 Å². The normalized spacial score (nSPS) is 18.3. The molecule has 0 aliphatic carbocycles. The molecule has 6 heteroatoms. The number of nitrogens with one attached hydrogen (secondary N) is 1. The highest BCUT2D eigenvalue weighted by molar-refractivity contribution is 7.07. The highest BCUT2D eigenvalue weighted by Gasteiger charge is 2.29. The zero-order valence-corrected chi connectivity index (χ0v) is 14.8. The Morgan fingerprint density at radius 2 is 2.25 bits per heavy atom. The summed E-state index contributed by atoms with van der Waals surface area (Å²) in [4.78, 5) is 19.8. The van der Waals surface area contributed by atoms with E-state index < -0.39 is 0 Å². The molecular weight excluding hydrogens is 318 g/mol. The largest absolute Gasteiger partial charge is 0.341 e. The van der Waals surface area contributed by atoms with E-state index in [1.165, 1.54) is 12.0 Å². The van der Waals surface area contributed by atoms with Crippen LogP contribution in [-0.4, -0.2) is 31.4 Å². The maximum absolute atomic E-state index is 4.83. The molecule has 1 fully saturated rings. The summed E-state index contributed by atoms with van der Waals surface area (Å²) in [5, 5.41) is 4.37. The molecule has 1 aliphatic heterocycles. The Bertz CT molecular complexity index is 824. The number of H-pyrrole nitrogens is 1. The van der Waals surface area contributed by atoms with Crippen LogP contribution >= 0.6 is 11.3 Å². The molecule has 124 valence electrons. The summed E-state index contributed by atoms with van der Waals surface area (Å²) in [6.45, 7) is 6.11. The third-order valence-electron chi connectivity index (χ3n) is 4.44. The van der Waals surface area contributed by atoms with Crippen molar-refractivity contribution in [1.29, 1.82) is 0 Å². The SMILES string of the molecule is Cc1cc(-c2ncc(C)[nH]2)nc([C@H]2CCCN2Cc2ccsc2)n1. The lowest BCUT2D eigenvalue weighted by molar-refractivity contribution is 0.240. The molecule has 1 saturated heterocycles. The van der Waals surface area contributed by atoms with Gasteiger partial charge in [-0.1, -0.05) is 0 Å². The summed E-state index contributed by atoms with van der Waals surface area (Å²) < 4.78 is 0. The second kappa shape index (κ2) is 6.45. The fourth-order valence-corrected chi connectivity index (χ4v) is 3.99. The van der Waals surface area contributed by atoms with Crippen molar-refractivity contribution in [2.24, 2.45) is 0 Å². The molecule has 0 aromatic carbocycles. The van der Waals surface area contributed by atoms with Gasteiger partial charge in [0, 0.05) is 24.1 Å². The highest BCUT2D eigenvalue weighted by atomic mass is 32.1. The predicted molar refractivity (Wildman–Crippen MR) is 95.8 cm³/mol. The summed E-state index contributed by atoms with van der Waals surface area (Å²) >= 11 is 1.75. The molecule has 1 atom stereocenters. The number of thiophene rings is 1. The van der Waals surface area contributed by atoms with Crippen LogP contribution in [0, 0.1) is 13.8 Å². The Kier molecular flexibility index (Phi) is 4.16. The van der Waals surface area contributed by atoms with Crippen molar-refractivity contribution in [1.82, 2.24) is 24.8 Å².